The third kappa shape index (κ3) is 2.61. The number of nitrogens with one attached hydrogen (secondary N) is 1. The number of imidazole rings is 1. The molecule has 7 nitrogen and oxygen atoms in total. The number of hydrogen-bond acceptors (Lipinski definition) is 5. The summed E-state index contributed by atoms with van der Waals surface area (Å²) >= 11 is 0. The minimum absolute atomic E-state index is 0.416. The van der Waals surface area contributed by atoms with Crippen molar-refractivity contribution in [2.24, 2.45) is 5.92 Å². The molecule has 0 radical (unpaired) electrons. The quantitative estimate of drug-likeness (QED) is 0.569. The van der Waals surface area contributed by atoms with E-state index in [1.807, 2.05) is 43.5 Å². The van der Waals surface area contributed by atoms with Gasteiger partial charge < -0.3 is 4.98 Å². The van der Waals surface area contributed by atoms with E-state index in [0.29, 0.717) is 5.54 Å². The average Bonchev–Trinajstić information content (AvgIpc) is 3.25. The molecule has 3 saturated carbocycles. The SMILES string of the molecule is Cc1cccc(-c2[nH]c(CN(C)C34CC(C3)C4)nc2-c2ccc3ncnn3c2)n1. The van der Waals surface area contributed by atoms with Gasteiger partial charge in [-0.05, 0) is 63.4 Å². The number of pyridine rings is 2. The van der Waals surface area contributed by atoms with E-state index in [2.05, 4.69) is 27.0 Å². The van der Waals surface area contributed by atoms with E-state index in [-0.39, 0.29) is 0 Å². The van der Waals surface area contributed by atoms with Crippen LogP contribution < -0.4 is 0 Å². The Morgan fingerprint density at radius 3 is 2.79 bits per heavy atom. The number of nitrogens with zero attached hydrogens (tertiary/aromatic N) is 6. The lowest BCUT2D eigenvalue weighted by Gasteiger charge is -2.65. The molecule has 0 aliphatic heterocycles. The number of aromatic amines is 1. The van der Waals surface area contributed by atoms with E-state index < -0.39 is 0 Å². The summed E-state index contributed by atoms with van der Waals surface area (Å²) in [5.74, 6) is 1.94. The maximum atomic E-state index is 5.01. The molecule has 0 amide bonds. The van der Waals surface area contributed by atoms with Gasteiger partial charge in [0.2, 0.25) is 0 Å². The van der Waals surface area contributed by atoms with E-state index in [0.717, 1.165) is 52.3 Å². The molecule has 3 aliphatic carbocycles. The fourth-order valence-corrected chi connectivity index (χ4v) is 4.82. The monoisotopic (exact) mass is 385 g/mol. The molecule has 3 fully saturated rings. The third-order valence-corrected chi connectivity index (χ3v) is 6.65. The molecular formula is C22H23N7. The van der Waals surface area contributed by atoms with Crippen molar-refractivity contribution in [3.63, 3.8) is 0 Å². The molecule has 29 heavy (non-hydrogen) atoms. The standard InChI is InChI=1S/C22H23N7/c1-14-4-3-5-17(25-14)21-20(16-6-7-19-23-13-24-29(19)11-16)26-18(27-21)12-28(2)22-8-15(9-22)10-22/h3-7,11,13,15H,8-10,12H2,1-2H3,(H,26,27). The Bertz CT molecular complexity index is 1200. The van der Waals surface area contributed by atoms with Crippen LogP contribution in [0.5, 0.6) is 0 Å². The van der Waals surface area contributed by atoms with Crippen LogP contribution in [0.4, 0.5) is 0 Å². The van der Waals surface area contributed by atoms with Crippen LogP contribution in [0.15, 0.2) is 42.9 Å². The lowest BCUT2D eigenvalue weighted by Crippen LogP contribution is -2.66. The minimum Gasteiger partial charge on any atom is -0.339 e. The molecule has 0 unspecified atom stereocenters. The fraction of sp³-hybridized carbons (Fsp3) is 0.364. The summed E-state index contributed by atoms with van der Waals surface area (Å²) in [4.78, 5) is 20.0. The molecule has 1 N–H and O–H groups in total. The van der Waals surface area contributed by atoms with Gasteiger partial charge in [-0.3, -0.25) is 9.88 Å². The number of hydrogen-bond donors (Lipinski definition) is 1. The first-order valence-electron chi connectivity index (χ1n) is 10.1. The van der Waals surface area contributed by atoms with Crippen LogP contribution in [0.1, 0.15) is 30.8 Å². The number of H-pyrrole nitrogens is 1. The van der Waals surface area contributed by atoms with Gasteiger partial charge in [0.25, 0.3) is 0 Å². The molecule has 4 heterocycles. The number of aryl methyl sites for hydroxylation is 1. The molecule has 0 atom stereocenters. The van der Waals surface area contributed by atoms with E-state index in [1.54, 1.807) is 10.8 Å². The van der Waals surface area contributed by atoms with Crippen LogP contribution in [-0.2, 0) is 6.54 Å². The average molecular weight is 385 g/mol. The Labute approximate surface area is 168 Å². The Kier molecular flexibility index (Phi) is 3.47. The smallest absolute Gasteiger partial charge is 0.155 e. The Morgan fingerprint density at radius 1 is 1.17 bits per heavy atom. The summed E-state index contributed by atoms with van der Waals surface area (Å²) in [7, 11) is 2.23. The predicted octanol–water partition coefficient (Wildman–Crippen LogP) is 3.47. The lowest BCUT2D eigenvalue weighted by molar-refractivity contribution is -0.137. The molecule has 7 heteroatoms. The van der Waals surface area contributed by atoms with Gasteiger partial charge in [0.1, 0.15) is 12.2 Å². The zero-order valence-electron chi connectivity index (χ0n) is 16.6. The molecule has 0 aromatic carbocycles. The van der Waals surface area contributed by atoms with E-state index in [4.69, 9.17) is 9.97 Å². The van der Waals surface area contributed by atoms with Gasteiger partial charge >= 0.3 is 0 Å². The van der Waals surface area contributed by atoms with Crippen molar-refractivity contribution in [1.29, 1.82) is 0 Å². The summed E-state index contributed by atoms with van der Waals surface area (Å²) in [6.45, 7) is 2.83. The second kappa shape index (κ2) is 5.97. The van der Waals surface area contributed by atoms with Gasteiger partial charge in [0.05, 0.1) is 23.6 Å². The number of fused-ring (bicyclic) bond motifs is 1. The van der Waals surface area contributed by atoms with Crippen LogP contribution in [0.3, 0.4) is 0 Å². The van der Waals surface area contributed by atoms with Crippen molar-refractivity contribution >= 4 is 5.65 Å². The Balaban J connectivity index is 1.43. The second-order valence-corrected chi connectivity index (χ2v) is 8.61. The predicted molar refractivity (Wildman–Crippen MR) is 110 cm³/mol. The van der Waals surface area contributed by atoms with Gasteiger partial charge in [0.15, 0.2) is 5.65 Å². The van der Waals surface area contributed by atoms with Gasteiger partial charge in [-0.15, -0.1) is 0 Å². The van der Waals surface area contributed by atoms with Crippen molar-refractivity contribution in [3.8, 4) is 22.6 Å². The van der Waals surface area contributed by atoms with Gasteiger partial charge in [0, 0.05) is 23.0 Å². The molecular weight excluding hydrogens is 362 g/mol. The summed E-state index contributed by atoms with van der Waals surface area (Å²) < 4.78 is 1.78. The van der Waals surface area contributed by atoms with Gasteiger partial charge in [-0.2, -0.15) is 5.10 Å². The first-order chi connectivity index (χ1) is 14.1. The zero-order chi connectivity index (χ0) is 19.6. The molecule has 0 spiro atoms. The van der Waals surface area contributed by atoms with Crippen LogP contribution in [0.2, 0.25) is 0 Å². The van der Waals surface area contributed by atoms with Crippen LogP contribution in [0.25, 0.3) is 28.3 Å². The Hall–Kier alpha value is -3.06. The third-order valence-electron chi connectivity index (χ3n) is 6.65. The van der Waals surface area contributed by atoms with Crippen molar-refractivity contribution in [2.45, 2.75) is 38.3 Å². The highest BCUT2D eigenvalue weighted by Crippen LogP contribution is 2.60. The zero-order valence-corrected chi connectivity index (χ0v) is 16.6. The topological polar surface area (TPSA) is 75.0 Å². The highest BCUT2D eigenvalue weighted by Gasteiger charge is 2.58. The molecule has 146 valence electrons. The van der Waals surface area contributed by atoms with Crippen LogP contribution in [0, 0.1) is 12.8 Å². The van der Waals surface area contributed by atoms with Crippen molar-refractivity contribution in [3.05, 3.63) is 54.4 Å². The molecule has 0 saturated heterocycles. The van der Waals surface area contributed by atoms with Crippen LogP contribution in [-0.4, -0.2) is 47.0 Å². The number of rotatable bonds is 5. The summed E-state index contributed by atoms with van der Waals surface area (Å²) in [6, 6.07) is 10.1. The summed E-state index contributed by atoms with van der Waals surface area (Å²) in [6.07, 6.45) is 7.56. The van der Waals surface area contributed by atoms with Crippen LogP contribution >= 0.6 is 0 Å². The van der Waals surface area contributed by atoms with E-state index >= 15 is 0 Å². The minimum atomic E-state index is 0.416. The summed E-state index contributed by atoms with van der Waals surface area (Å²) in [5, 5.41) is 4.28. The molecule has 7 rings (SSSR count). The highest BCUT2D eigenvalue weighted by atomic mass is 15.3. The molecule has 4 aromatic rings. The highest BCUT2D eigenvalue weighted by molar-refractivity contribution is 5.77. The maximum absolute atomic E-state index is 5.01. The first kappa shape index (κ1) is 16.9. The lowest BCUT2D eigenvalue weighted by atomic mass is 9.49. The summed E-state index contributed by atoms with van der Waals surface area (Å²) in [5.41, 5.74) is 5.99. The fourth-order valence-electron chi connectivity index (χ4n) is 4.82. The first-order valence-corrected chi connectivity index (χ1v) is 10.1. The maximum Gasteiger partial charge on any atom is 0.155 e. The molecule has 4 aromatic heterocycles. The number of aromatic nitrogens is 6. The molecule has 2 bridgehead atoms. The van der Waals surface area contributed by atoms with E-state index in [1.165, 1.54) is 19.3 Å². The molecule has 3 aliphatic rings. The largest absolute Gasteiger partial charge is 0.339 e. The second-order valence-electron chi connectivity index (χ2n) is 8.61. The van der Waals surface area contributed by atoms with Gasteiger partial charge in [-0.25, -0.2) is 14.5 Å². The van der Waals surface area contributed by atoms with E-state index in [9.17, 15) is 0 Å². The van der Waals surface area contributed by atoms with Crippen molar-refractivity contribution < 1.29 is 0 Å². The van der Waals surface area contributed by atoms with Crippen molar-refractivity contribution in [2.75, 3.05) is 7.05 Å². The van der Waals surface area contributed by atoms with Gasteiger partial charge in [-0.1, -0.05) is 6.07 Å². The Morgan fingerprint density at radius 2 is 2.03 bits per heavy atom. The van der Waals surface area contributed by atoms with Crippen molar-refractivity contribution in [1.82, 2.24) is 34.4 Å². The normalized spacial score (nSPS) is 22.7.